The summed E-state index contributed by atoms with van der Waals surface area (Å²) >= 11 is 1.53. The standard InChI is InChI=1S/C14H12O2S/c1-11(13-7-8-17-10-13)14(15)16-9-12-5-3-2-4-6-12/h2-8,10H,1,9H2. The first-order chi connectivity index (χ1) is 8.27. The summed E-state index contributed by atoms with van der Waals surface area (Å²) in [7, 11) is 0. The molecule has 1 aromatic heterocycles. The molecular formula is C14H12O2S. The van der Waals surface area contributed by atoms with E-state index >= 15 is 0 Å². The van der Waals surface area contributed by atoms with Crippen LogP contribution in [-0.4, -0.2) is 5.97 Å². The normalized spacial score (nSPS) is 9.88. The summed E-state index contributed by atoms with van der Waals surface area (Å²) in [6.07, 6.45) is 0. The zero-order valence-corrected chi connectivity index (χ0v) is 10.1. The largest absolute Gasteiger partial charge is 0.457 e. The minimum Gasteiger partial charge on any atom is -0.457 e. The zero-order valence-electron chi connectivity index (χ0n) is 9.26. The highest BCUT2D eigenvalue weighted by Crippen LogP contribution is 2.17. The van der Waals surface area contributed by atoms with Crippen molar-refractivity contribution in [3.63, 3.8) is 0 Å². The Morgan fingerprint density at radius 3 is 2.65 bits per heavy atom. The van der Waals surface area contributed by atoms with Crippen LogP contribution in [-0.2, 0) is 16.1 Å². The fraction of sp³-hybridized carbons (Fsp3) is 0.0714. The number of ether oxygens (including phenoxy) is 1. The second kappa shape index (κ2) is 5.46. The van der Waals surface area contributed by atoms with Crippen molar-refractivity contribution in [2.24, 2.45) is 0 Å². The van der Waals surface area contributed by atoms with Gasteiger partial charge in [0.15, 0.2) is 0 Å². The summed E-state index contributed by atoms with van der Waals surface area (Å²) in [6, 6.07) is 11.4. The number of rotatable bonds is 4. The van der Waals surface area contributed by atoms with E-state index in [0.29, 0.717) is 5.57 Å². The Balaban J connectivity index is 1.92. The molecule has 0 saturated heterocycles. The molecule has 3 heteroatoms. The van der Waals surface area contributed by atoms with Crippen molar-refractivity contribution in [3.8, 4) is 0 Å². The van der Waals surface area contributed by atoms with Crippen molar-refractivity contribution in [2.75, 3.05) is 0 Å². The van der Waals surface area contributed by atoms with E-state index in [9.17, 15) is 4.79 Å². The van der Waals surface area contributed by atoms with Crippen LogP contribution in [0.15, 0.2) is 53.7 Å². The first-order valence-electron chi connectivity index (χ1n) is 5.20. The van der Waals surface area contributed by atoms with Crippen LogP contribution >= 0.6 is 11.3 Å². The van der Waals surface area contributed by atoms with Gasteiger partial charge in [0.1, 0.15) is 6.61 Å². The van der Waals surface area contributed by atoms with Gasteiger partial charge < -0.3 is 4.74 Å². The molecule has 0 aliphatic heterocycles. The summed E-state index contributed by atoms with van der Waals surface area (Å²) in [4.78, 5) is 11.7. The van der Waals surface area contributed by atoms with Gasteiger partial charge in [-0.1, -0.05) is 36.9 Å². The van der Waals surface area contributed by atoms with Gasteiger partial charge in [-0.25, -0.2) is 4.79 Å². The topological polar surface area (TPSA) is 26.3 Å². The second-order valence-electron chi connectivity index (χ2n) is 3.55. The van der Waals surface area contributed by atoms with Crippen LogP contribution in [0.2, 0.25) is 0 Å². The molecular weight excluding hydrogens is 232 g/mol. The number of hydrogen-bond acceptors (Lipinski definition) is 3. The number of carbonyl (C=O) groups is 1. The van der Waals surface area contributed by atoms with Crippen LogP contribution in [0.1, 0.15) is 11.1 Å². The first-order valence-corrected chi connectivity index (χ1v) is 6.14. The van der Waals surface area contributed by atoms with Crippen molar-refractivity contribution in [2.45, 2.75) is 6.61 Å². The van der Waals surface area contributed by atoms with Gasteiger partial charge in [-0.3, -0.25) is 0 Å². The van der Waals surface area contributed by atoms with Gasteiger partial charge in [0.2, 0.25) is 0 Å². The van der Waals surface area contributed by atoms with E-state index in [1.807, 2.05) is 47.2 Å². The maximum absolute atomic E-state index is 11.7. The van der Waals surface area contributed by atoms with Crippen LogP contribution in [0.5, 0.6) is 0 Å². The number of benzene rings is 1. The van der Waals surface area contributed by atoms with Crippen molar-refractivity contribution >= 4 is 22.9 Å². The van der Waals surface area contributed by atoms with Crippen molar-refractivity contribution in [1.82, 2.24) is 0 Å². The minimum absolute atomic E-state index is 0.281. The Hall–Kier alpha value is -1.87. The Labute approximate surface area is 104 Å². The van der Waals surface area contributed by atoms with E-state index in [1.54, 1.807) is 0 Å². The summed E-state index contributed by atoms with van der Waals surface area (Å²) in [5.41, 5.74) is 2.20. The Morgan fingerprint density at radius 1 is 1.24 bits per heavy atom. The van der Waals surface area contributed by atoms with Gasteiger partial charge >= 0.3 is 5.97 Å². The lowest BCUT2D eigenvalue weighted by Gasteiger charge is -2.05. The van der Waals surface area contributed by atoms with Gasteiger partial charge in [-0.15, -0.1) is 0 Å². The third-order valence-electron chi connectivity index (χ3n) is 2.33. The molecule has 0 fully saturated rings. The number of carbonyl (C=O) groups excluding carboxylic acids is 1. The highest BCUT2D eigenvalue weighted by atomic mass is 32.1. The lowest BCUT2D eigenvalue weighted by atomic mass is 10.2. The van der Waals surface area contributed by atoms with Gasteiger partial charge in [0, 0.05) is 0 Å². The lowest BCUT2D eigenvalue weighted by Crippen LogP contribution is -2.05. The van der Waals surface area contributed by atoms with Crippen LogP contribution < -0.4 is 0 Å². The second-order valence-corrected chi connectivity index (χ2v) is 4.33. The predicted octanol–water partition coefficient (Wildman–Crippen LogP) is 3.50. The molecule has 0 amide bonds. The van der Waals surface area contributed by atoms with E-state index in [2.05, 4.69) is 6.58 Å². The van der Waals surface area contributed by atoms with E-state index in [0.717, 1.165) is 11.1 Å². The molecule has 2 rings (SSSR count). The molecule has 0 bridgehead atoms. The van der Waals surface area contributed by atoms with Gasteiger partial charge in [-0.05, 0) is 28.0 Å². The number of esters is 1. The molecule has 0 radical (unpaired) electrons. The molecule has 2 nitrogen and oxygen atoms in total. The summed E-state index contributed by atoms with van der Waals surface area (Å²) < 4.78 is 5.18. The van der Waals surface area contributed by atoms with Crippen LogP contribution in [0.3, 0.4) is 0 Å². The molecule has 86 valence electrons. The van der Waals surface area contributed by atoms with Gasteiger partial charge in [0.05, 0.1) is 5.57 Å². The van der Waals surface area contributed by atoms with E-state index < -0.39 is 0 Å². The summed E-state index contributed by atoms with van der Waals surface area (Å²) in [6.45, 7) is 4.02. The van der Waals surface area contributed by atoms with E-state index in [1.165, 1.54) is 11.3 Å². The molecule has 0 aliphatic rings. The third-order valence-corrected chi connectivity index (χ3v) is 3.01. The Kier molecular flexibility index (Phi) is 3.73. The van der Waals surface area contributed by atoms with Crippen molar-refractivity contribution in [3.05, 3.63) is 64.9 Å². The van der Waals surface area contributed by atoms with Crippen molar-refractivity contribution in [1.29, 1.82) is 0 Å². The summed E-state index contributed by atoms with van der Waals surface area (Å²) in [5, 5.41) is 3.79. The predicted molar refractivity (Wildman–Crippen MR) is 69.6 cm³/mol. The average molecular weight is 244 g/mol. The smallest absolute Gasteiger partial charge is 0.338 e. The third kappa shape index (κ3) is 3.04. The molecule has 0 spiro atoms. The van der Waals surface area contributed by atoms with E-state index in [-0.39, 0.29) is 12.6 Å². The van der Waals surface area contributed by atoms with Crippen molar-refractivity contribution < 1.29 is 9.53 Å². The average Bonchev–Trinajstić information content (AvgIpc) is 2.90. The molecule has 1 heterocycles. The fourth-order valence-corrected chi connectivity index (χ4v) is 2.04. The SMILES string of the molecule is C=C(C(=O)OCc1ccccc1)c1ccsc1. The number of thiophene rings is 1. The number of hydrogen-bond donors (Lipinski definition) is 0. The highest BCUT2D eigenvalue weighted by molar-refractivity contribution is 7.08. The van der Waals surface area contributed by atoms with Gasteiger partial charge in [-0.2, -0.15) is 11.3 Å². The molecule has 17 heavy (non-hydrogen) atoms. The zero-order chi connectivity index (χ0) is 12.1. The molecule has 0 aliphatic carbocycles. The monoisotopic (exact) mass is 244 g/mol. The Morgan fingerprint density at radius 2 is 2.00 bits per heavy atom. The molecule has 0 unspecified atom stereocenters. The highest BCUT2D eigenvalue weighted by Gasteiger charge is 2.11. The maximum atomic E-state index is 11.7. The molecule has 0 atom stereocenters. The van der Waals surface area contributed by atoms with E-state index in [4.69, 9.17) is 4.74 Å². The fourth-order valence-electron chi connectivity index (χ4n) is 1.36. The Bertz CT molecular complexity index is 500. The first kappa shape index (κ1) is 11.6. The summed E-state index contributed by atoms with van der Waals surface area (Å²) in [5.74, 6) is -0.368. The minimum atomic E-state index is -0.368. The molecule has 0 saturated carbocycles. The van der Waals surface area contributed by atoms with Crippen LogP contribution in [0.25, 0.3) is 5.57 Å². The van der Waals surface area contributed by atoms with Crippen LogP contribution in [0, 0.1) is 0 Å². The maximum Gasteiger partial charge on any atom is 0.338 e. The molecule has 1 aromatic carbocycles. The quantitative estimate of drug-likeness (QED) is 0.607. The van der Waals surface area contributed by atoms with Crippen LogP contribution in [0.4, 0.5) is 0 Å². The molecule has 0 N–H and O–H groups in total. The lowest BCUT2D eigenvalue weighted by molar-refractivity contribution is -0.137. The van der Waals surface area contributed by atoms with Gasteiger partial charge in [0.25, 0.3) is 0 Å². The molecule has 2 aromatic rings.